The molecule has 1 atom stereocenters. The van der Waals surface area contributed by atoms with Crippen LogP contribution in [0.1, 0.15) is 18.9 Å². The summed E-state index contributed by atoms with van der Waals surface area (Å²) in [7, 11) is 1.58. The zero-order chi connectivity index (χ0) is 14.3. The number of aliphatic hydroxyl groups excluding tert-OH is 1. The fraction of sp³-hybridized carbons (Fsp3) is 0.500. The van der Waals surface area contributed by atoms with Crippen molar-refractivity contribution in [3.63, 3.8) is 0 Å². The minimum Gasteiger partial charge on any atom is -0.396 e. The summed E-state index contributed by atoms with van der Waals surface area (Å²) in [5.74, 6) is -0.0777. The molecule has 1 unspecified atom stereocenters. The van der Waals surface area contributed by atoms with E-state index in [1.807, 2.05) is 31.2 Å². The van der Waals surface area contributed by atoms with Crippen LogP contribution >= 0.6 is 15.9 Å². The second-order valence-corrected chi connectivity index (χ2v) is 5.74. The first-order valence-electron chi connectivity index (χ1n) is 6.14. The Kier molecular flexibility index (Phi) is 6.48. The highest BCUT2D eigenvalue weighted by atomic mass is 79.9. The summed E-state index contributed by atoms with van der Waals surface area (Å²) >= 11 is 3.38. The molecule has 1 aromatic carbocycles. The normalized spacial score (nSPS) is 13.9. The molecular weight excluding hydrogens is 310 g/mol. The Morgan fingerprint density at radius 2 is 2.26 bits per heavy atom. The monoisotopic (exact) mass is 329 g/mol. The number of amides is 1. The Bertz CT molecular complexity index is 417. The molecule has 19 heavy (non-hydrogen) atoms. The van der Waals surface area contributed by atoms with Gasteiger partial charge in [0.15, 0.2) is 0 Å². The molecule has 1 amide bonds. The molecule has 1 rings (SSSR count). The summed E-state index contributed by atoms with van der Waals surface area (Å²) < 4.78 is 6.05. The smallest absolute Gasteiger partial charge is 0.224 e. The van der Waals surface area contributed by atoms with Gasteiger partial charge in [-0.25, -0.2) is 0 Å². The Hall–Kier alpha value is -0.910. The fourth-order valence-electron chi connectivity index (χ4n) is 1.95. The van der Waals surface area contributed by atoms with Crippen LogP contribution in [0.25, 0.3) is 0 Å². The van der Waals surface area contributed by atoms with Gasteiger partial charge >= 0.3 is 0 Å². The number of halogens is 1. The van der Waals surface area contributed by atoms with Crippen molar-refractivity contribution >= 4 is 21.8 Å². The summed E-state index contributed by atoms with van der Waals surface area (Å²) in [5.41, 5.74) is 0.405. The molecule has 0 spiro atoms. The Morgan fingerprint density at radius 3 is 2.84 bits per heavy atom. The van der Waals surface area contributed by atoms with E-state index in [1.54, 1.807) is 7.11 Å². The van der Waals surface area contributed by atoms with Gasteiger partial charge in [-0.1, -0.05) is 28.1 Å². The van der Waals surface area contributed by atoms with E-state index < -0.39 is 5.54 Å². The minimum atomic E-state index is -0.535. The fourth-order valence-corrected chi connectivity index (χ4v) is 2.40. The van der Waals surface area contributed by atoms with Crippen molar-refractivity contribution < 1.29 is 14.6 Å². The maximum atomic E-state index is 12.0. The Labute approximate surface area is 122 Å². The van der Waals surface area contributed by atoms with Gasteiger partial charge in [-0.05, 0) is 31.0 Å². The van der Waals surface area contributed by atoms with Crippen LogP contribution in [-0.4, -0.2) is 36.9 Å². The van der Waals surface area contributed by atoms with E-state index >= 15 is 0 Å². The van der Waals surface area contributed by atoms with Gasteiger partial charge in [0.2, 0.25) is 5.91 Å². The SMILES string of the molecule is COCC(C)(CCO)NC(=O)Cc1cccc(Br)c1. The number of hydrogen-bond donors (Lipinski definition) is 2. The zero-order valence-electron chi connectivity index (χ0n) is 11.3. The van der Waals surface area contributed by atoms with Gasteiger partial charge in [0.25, 0.3) is 0 Å². The van der Waals surface area contributed by atoms with Crippen molar-refractivity contribution in [3.8, 4) is 0 Å². The molecule has 0 saturated carbocycles. The number of rotatable bonds is 7. The topological polar surface area (TPSA) is 58.6 Å². The van der Waals surface area contributed by atoms with E-state index in [2.05, 4.69) is 21.2 Å². The van der Waals surface area contributed by atoms with Gasteiger partial charge in [-0.3, -0.25) is 4.79 Å². The first-order valence-corrected chi connectivity index (χ1v) is 6.93. The molecule has 0 bridgehead atoms. The third-order valence-electron chi connectivity index (χ3n) is 2.82. The van der Waals surface area contributed by atoms with E-state index in [1.165, 1.54) is 0 Å². The molecule has 2 N–H and O–H groups in total. The van der Waals surface area contributed by atoms with E-state index in [9.17, 15) is 4.79 Å². The number of nitrogens with one attached hydrogen (secondary N) is 1. The van der Waals surface area contributed by atoms with Gasteiger partial charge in [-0.15, -0.1) is 0 Å². The highest BCUT2D eigenvalue weighted by Crippen LogP contribution is 2.14. The highest BCUT2D eigenvalue weighted by Gasteiger charge is 2.25. The molecule has 106 valence electrons. The van der Waals surface area contributed by atoms with Gasteiger partial charge in [0, 0.05) is 18.2 Å². The van der Waals surface area contributed by atoms with E-state index in [-0.39, 0.29) is 12.5 Å². The summed E-state index contributed by atoms with van der Waals surface area (Å²) in [5, 5.41) is 12.0. The molecule has 0 aliphatic heterocycles. The molecule has 4 nitrogen and oxygen atoms in total. The summed E-state index contributed by atoms with van der Waals surface area (Å²) in [6.07, 6.45) is 0.773. The lowest BCUT2D eigenvalue weighted by molar-refractivity contribution is -0.123. The molecule has 0 fully saturated rings. The number of hydrogen-bond acceptors (Lipinski definition) is 3. The maximum Gasteiger partial charge on any atom is 0.224 e. The predicted octanol–water partition coefficient (Wildman–Crippen LogP) is 1.90. The number of carbonyl (C=O) groups excluding carboxylic acids is 1. The standard InChI is InChI=1S/C14H20BrNO3/c1-14(6-7-17,10-19-2)16-13(18)9-11-4-3-5-12(15)8-11/h3-5,8,17H,6-7,9-10H2,1-2H3,(H,16,18). The summed E-state index contributed by atoms with van der Waals surface area (Å²) in [6, 6.07) is 7.64. The molecule has 0 aliphatic carbocycles. The van der Waals surface area contributed by atoms with Gasteiger partial charge in [-0.2, -0.15) is 0 Å². The third-order valence-corrected chi connectivity index (χ3v) is 3.31. The van der Waals surface area contributed by atoms with Gasteiger partial charge in [0.1, 0.15) is 0 Å². The second kappa shape index (κ2) is 7.62. The average molecular weight is 330 g/mol. The van der Waals surface area contributed by atoms with Gasteiger partial charge < -0.3 is 15.2 Å². The minimum absolute atomic E-state index is 0.0109. The Balaban J connectivity index is 2.62. The highest BCUT2D eigenvalue weighted by molar-refractivity contribution is 9.10. The first kappa shape index (κ1) is 16.1. The molecule has 0 aromatic heterocycles. The van der Waals surface area contributed by atoms with Gasteiger partial charge in [0.05, 0.1) is 18.6 Å². The maximum absolute atomic E-state index is 12.0. The lowest BCUT2D eigenvalue weighted by atomic mass is 9.98. The van der Waals surface area contributed by atoms with Crippen LogP contribution in [0.4, 0.5) is 0 Å². The molecule has 0 heterocycles. The van der Waals surface area contributed by atoms with Crippen LogP contribution in [0.2, 0.25) is 0 Å². The number of benzene rings is 1. The van der Waals surface area contributed by atoms with E-state index in [4.69, 9.17) is 9.84 Å². The van der Waals surface area contributed by atoms with Crippen LogP contribution in [0.3, 0.4) is 0 Å². The quantitative estimate of drug-likeness (QED) is 0.803. The average Bonchev–Trinajstić information content (AvgIpc) is 2.28. The number of aliphatic hydroxyl groups is 1. The number of methoxy groups -OCH3 is 1. The lowest BCUT2D eigenvalue weighted by Gasteiger charge is -2.29. The number of ether oxygens (including phenoxy) is 1. The van der Waals surface area contributed by atoms with Crippen molar-refractivity contribution in [1.29, 1.82) is 0 Å². The van der Waals surface area contributed by atoms with E-state index in [0.717, 1.165) is 10.0 Å². The van der Waals surface area contributed by atoms with Crippen molar-refractivity contribution in [1.82, 2.24) is 5.32 Å². The number of carbonyl (C=O) groups is 1. The van der Waals surface area contributed by atoms with Crippen LogP contribution < -0.4 is 5.32 Å². The van der Waals surface area contributed by atoms with Crippen LogP contribution in [-0.2, 0) is 16.0 Å². The van der Waals surface area contributed by atoms with Crippen molar-refractivity contribution in [2.75, 3.05) is 20.3 Å². The molecule has 0 saturated heterocycles. The predicted molar refractivity (Wildman–Crippen MR) is 78.0 cm³/mol. The van der Waals surface area contributed by atoms with Crippen LogP contribution in [0.5, 0.6) is 0 Å². The third kappa shape index (κ3) is 5.72. The largest absolute Gasteiger partial charge is 0.396 e. The van der Waals surface area contributed by atoms with Crippen molar-refractivity contribution in [3.05, 3.63) is 34.3 Å². The summed E-state index contributed by atoms with van der Waals surface area (Å²) in [6.45, 7) is 2.25. The second-order valence-electron chi connectivity index (χ2n) is 4.82. The molecular formula is C14H20BrNO3. The zero-order valence-corrected chi connectivity index (χ0v) is 12.9. The van der Waals surface area contributed by atoms with Crippen LogP contribution in [0, 0.1) is 0 Å². The van der Waals surface area contributed by atoms with E-state index in [0.29, 0.717) is 19.4 Å². The molecule has 0 radical (unpaired) electrons. The lowest BCUT2D eigenvalue weighted by Crippen LogP contribution is -2.50. The first-order chi connectivity index (χ1) is 8.99. The van der Waals surface area contributed by atoms with Crippen molar-refractivity contribution in [2.24, 2.45) is 0 Å². The summed E-state index contributed by atoms with van der Waals surface area (Å²) in [4.78, 5) is 12.0. The Morgan fingerprint density at radius 1 is 1.53 bits per heavy atom. The van der Waals surface area contributed by atoms with Crippen LogP contribution in [0.15, 0.2) is 28.7 Å². The molecule has 1 aromatic rings. The molecule has 5 heteroatoms. The van der Waals surface area contributed by atoms with Crippen molar-refractivity contribution in [2.45, 2.75) is 25.3 Å². The molecule has 0 aliphatic rings.